The summed E-state index contributed by atoms with van der Waals surface area (Å²) in [7, 11) is -1.75. The summed E-state index contributed by atoms with van der Waals surface area (Å²) in [5.74, 6) is 1.05. The number of rotatable bonds is 7. The first-order valence-corrected chi connectivity index (χ1v) is 8.29. The van der Waals surface area contributed by atoms with Crippen LogP contribution in [0.1, 0.15) is 30.5 Å². The van der Waals surface area contributed by atoms with Crippen molar-refractivity contribution in [2.24, 2.45) is 0 Å². The van der Waals surface area contributed by atoms with Crippen LogP contribution in [0.2, 0.25) is 0 Å². The lowest BCUT2D eigenvalue weighted by Gasteiger charge is -2.18. The maximum absolute atomic E-state index is 11.8. The van der Waals surface area contributed by atoms with Gasteiger partial charge in [0.2, 0.25) is 10.0 Å². The van der Waals surface area contributed by atoms with Crippen molar-refractivity contribution in [1.82, 2.24) is 4.72 Å². The van der Waals surface area contributed by atoms with Crippen molar-refractivity contribution in [2.45, 2.75) is 26.3 Å². The van der Waals surface area contributed by atoms with E-state index in [4.69, 9.17) is 16.3 Å². The minimum absolute atomic E-state index is 0.0367. The average Bonchev–Trinajstić information content (AvgIpc) is 2.36. The Kier molecular flexibility index (Phi) is 6.10. The van der Waals surface area contributed by atoms with Crippen LogP contribution >= 0.6 is 11.6 Å². The molecule has 0 heterocycles. The molecule has 1 atom stereocenters. The van der Waals surface area contributed by atoms with Gasteiger partial charge in [-0.05, 0) is 26.3 Å². The molecule has 0 fully saturated rings. The SMILES string of the molecule is COc1ccc(C)cc1C(C)NS(=O)(=O)CCCCl. The van der Waals surface area contributed by atoms with Gasteiger partial charge in [0, 0.05) is 17.5 Å². The number of ether oxygens (including phenoxy) is 1. The third-order valence-electron chi connectivity index (χ3n) is 2.75. The Morgan fingerprint density at radius 1 is 1.42 bits per heavy atom. The fourth-order valence-corrected chi connectivity index (χ4v) is 3.43. The molecule has 0 aromatic heterocycles. The summed E-state index contributed by atoms with van der Waals surface area (Å²) in [5, 5.41) is 0. The molecule has 1 rings (SSSR count). The molecule has 1 N–H and O–H groups in total. The van der Waals surface area contributed by atoms with Crippen LogP contribution in [-0.4, -0.2) is 27.2 Å². The van der Waals surface area contributed by atoms with Crippen LogP contribution in [0.15, 0.2) is 18.2 Å². The standard InChI is InChI=1S/C13H20ClNO3S/c1-10-5-6-13(18-3)12(9-10)11(2)15-19(16,17)8-4-7-14/h5-6,9,11,15H,4,7-8H2,1-3H3. The third-order valence-corrected chi connectivity index (χ3v) is 4.56. The molecule has 0 saturated heterocycles. The van der Waals surface area contributed by atoms with Gasteiger partial charge in [-0.2, -0.15) is 0 Å². The summed E-state index contributed by atoms with van der Waals surface area (Å²) in [4.78, 5) is 0. The van der Waals surface area contributed by atoms with Crippen molar-refractivity contribution in [3.05, 3.63) is 29.3 Å². The number of aryl methyl sites for hydroxylation is 1. The fourth-order valence-electron chi connectivity index (χ4n) is 1.83. The number of hydrogen-bond donors (Lipinski definition) is 1. The zero-order chi connectivity index (χ0) is 14.5. The fraction of sp³-hybridized carbons (Fsp3) is 0.538. The largest absolute Gasteiger partial charge is 0.496 e. The number of benzene rings is 1. The topological polar surface area (TPSA) is 55.4 Å². The van der Waals surface area contributed by atoms with Gasteiger partial charge >= 0.3 is 0 Å². The van der Waals surface area contributed by atoms with E-state index in [1.165, 1.54) is 0 Å². The van der Waals surface area contributed by atoms with E-state index in [9.17, 15) is 8.42 Å². The highest BCUT2D eigenvalue weighted by atomic mass is 35.5. The molecule has 6 heteroatoms. The first-order chi connectivity index (χ1) is 8.89. The molecule has 0 radical (unpaired) electrons. The zero-order valence-electron chi connectivity index (χ0n) is 11.4. The van der Waals surface area contributed by atoms with Crippen molar-refractivity contribution < 1.29 is 13.2 Å². The van der Waals surface area contributed by atoms with E-state index in [0.717, 1.165) is 11.1 Å². The summed E-state index contributed by atoms with van der Waals surface area (Å²) < 4.78 is 31.6. The van der Waals surface area contributed by atoms with E-state index in [1.54, 1.807) is 14.0 Å². The highest BCUT2D eigenvalue weighted by Crippen LogP contribution is 2.26. The van der Waals surface area contributed by atoms with Gasteiger partial charge in [0.15, 0.2) is 0 Å². The molecule has 4 nitrogen and oxygen atoms in total. The molecule has 1 aromatic rings. The van der Waals surface area contributed by atoms with Gasteiger partial charge < -0.3 is 4.74 Å². The number of hydrogen-bond acceptors (Lipinski definition) is 3. The van der Waals surface area contributed by atoms with E-state index in [1.807, 2.05) is 25.1 Å². The van der Waals surface area contributed by atoms with E-state index in [2.05, 4.69) is 4.72 Å². The molecule has 0 aliphatic carbocycles. The molecule has 0 amide bonds. The summed E-state index contributed by atoms with van der Waals surface area (Å²) in [6.07, 6.45) is 0.439. The molecule has 19 heavy (non-hydrogen) atoms. The number of methoxy groups -OCH3 is 1. The quantitative estimate of drug-likeness (QED) is 0.788. The van der Waals surface area contributed by atoms with E-state index < -0.39 is 10.0 Å². The Bertz CT molecular complexity index is 517. The Morgan fingerprint density at radius 2 is 2.11 bits per heavy atom. The number of nitrogens with one attached hydrogen (secondary N) is 1. The Hall–Kier alpha value is -0.780. The van der Waals surface area contributed by atoms with Crippen LogP contribution in [0.5, 0.6) is 5.75 Å². The van der Waals surface area contributed by atoms with Crippen LogP contribution in [0.3, 0.4) is 0 Å². The van der Waals surface area contributed by atoms with Gasteiger partial charge in [0.1, 0.15) is 5.75 Å². The molecule has 0 aliphatic heterocycles. The van der Waals surface area contributed by atoms with Gasteiger partial charge in [-0.25, -0.2) is 13.1 Å². The minimum atomic E-state index is -3.32. The predicted molar refractivity (Wildman–Crippen MR) is 78.4 cm³/mol. The molecular weight excluding hydrogens is 286 g/mol. The zero-order valence-corrected chi connectivity index (χ0v) is 13.0. The third kappa shape index (κ3) is 5.01. The highest BCUT2D eigenvalue weighted by molar-refractivity contribution is 7.89. The van der Waals surface area contributed by atoms with Crippen molar-refractivity contribution in [2.75, 3.05) is 18.7 Å². The van der Waals surface area contributed by atoms with Crippen LogP contribution in [0.25, 0.3) is 0 Å². The monoisotopic (exact) mass is 305 g/mol. The van der Waals surface area contributed by atoms with Crippen molar-refractivity contribution in [1.29, 1.82) is 0 Å². The molecule has 0 saturated carbocycles. The van der Waals surface area contributed by atoms with E-state index in [-0.39, 0.29) is 11.8 Å². The normalized spacial score (nSPS) is 13.3. The second kappa shape index (κ2) is 7.12. The molecular formula is C13H20ClNO3S. The maximum Gasteiger partial charge on any atom is 0.212 e. The molecule has 0 aliphatic rings. The van der Waals surface area contributed by atoms with Crippen LogP contribution < -0.4 is 9.46 Å². The van der Waals surface area contributed by atoms with Crippen molar-refractivity contribution in [3.8, 4) is 5.75 Å². The smallest absolute Gasteiger partial charge is 0.212 e. The van der Waals surface area contributed by atoms with Gasteiger partial charge in [0.25, 0.3) is 0 Å². The first kappa shape index (κ1) is 16.3. The average molecular weight is 306 g/mol. The molecule has 1 unspecified atom stereocenters. The molecule has 0 spiro atoms. The number of alkyl halides is 1. The van der Waals surface area contributed by atoms with Gasteiger partial charge in [0.05, 0.1) is 12.9 Å². The lowest BCUT2D eigenvalue weighted by molar-refractivity contribution is 0.405. The highest BCUT2D eigenvalue weighted by Gasteiger charge is 2.18. The lowest BCUT2D eigenvalue weighted by Crippen LogP contribution is -2.29. The Labute approximate surface area is 120 Å². The van der Waals surface area contributed by atoms with E-state index in [0.29, 0.717) is 18.1 Å². The second-order valence-electron chi connectivity index (χ2n) is 4.45. The predicted octanol–water partition coefficient (Wildman–Crippen LogP) is 2.61. The second-order valence-corrected chi connectivity index (χ2v) is 6.70. The van der Waals surface area contributed by atoms with Crippen LogP contribution in [0.4, 0.5) is 0 Å². The van der Waals surface area contributed by atoms with Crippen molar-refractivity contribution in [3.63, 3.8) is 0 Å². The number of sulfonamides is 1. The summed E-state index contributed by atoms with van der Waals surface area (Å²) in [5.41, 5.74) is 1.89. The first-order valence-electron chi connectivity index (χ1n) is 6.10. The van der Waals surface area contributed by atoms with Gasteiger partial charge in [-0.3, -0.25) is 0 Å². The van der Waals surface area contributed by atoms with Crippen LogP contribution in [0, 0.1) is 6.92 Å². The molecule has 0 bridgehead atoms. The Morgan fingerprint density at radius 3 is 2.68 bits per heavy atom. The summed E-state index contributed by atoms with van der Waals surface area (Å²) in [6, 6.07) is 5.36. The summed E-state index contributed by atoms with van der Waals surface area (Å²) in [6.45, 7) is 3.76. The molecule has 1 aromatic carbocycles. The maximum atomic E-state index is 11.8. The lowest BCUT2D eigenvalue weighted by atomic mass is 10.1. The van der Waals surface area contributed by atoms with E-state index >= 15 is 0 Å². The Balaban J connectivity index is 2.88. The van der Waals surface area contributed by atoms with Crippen LogP contribution in [-0.2, 0) is 10.0 Å². The van der Waals surface area contributed by atoms with Gasteiger partial charge in [-0.15, -0.1) is 11.6 Å². The van der Waals surface area contributed by atoms with Gasteiger partial charge in [-0.1, -0.05) is 17.7 Å². The minimum Gasteiger partial charge on any atom is -0.496 e. The molecule has 108 valence electrons. The summed E-state index contributed by atoms with van der Waals surface area (Å²) >= 11 is 5.52. The number of halogens is 1. The van der Waals surface area contributed by atoms with Crippen molar-refractivity contribution >= 4 is 21.6 Å².